The lowest BCUT2D eigenvalue weighted by atomic mass is 10.2. The molecule has 0 spiro atoms. The third-order valence-corrected chi connectivity index (χ3v) is 4.57. The van der Waals surface area contributed by atoms with Gasteiger partial charge < -0.3 is 4.42 Å². The van der Waals surface area contributed by atoms with Crippen LogP contribution in [0.5, 0.6) is 0 Å². The number of hydrazine groups is 1. The van der Waals surface area contributed by atoms with E-state index in [1.165, 1.54) is 35.6 Å². The molecule has 0 aliphatic carbocycles. The molecule has 0 atom stereocenters. The number of hydrogen-bond acceptors (Lipinski definition) is 7. The molecule has 2 N–H and O–H groups in total. The fourth-order valence-corrected chi connectivity index (χ4v) is 2.92. The van der Waals surface area contributed by atoms with Crippen LogP contribution in [0.4, 0.5) is 4.39 Å². The maximum absolute atomic E-state index is 12.9. The molecule has 1 aromatic carbocycles. The van der Waals surface area contributed by atoms with Crippen LogP contribution in [0.25, 0.3) is 11.5 Å². The molecular formula is C15H11FN4O3S2. The molecule has 128 valence electrons. The first-order valence-corrected chi connectivity index (χ1v) is 8.83. The van der Waals surface area contributed by atoms with Gasteiger partial charge in [0.2, 0.25) is 11.8 Å². The number of carbonyl (C=O) groups excluding carboxylic acids is 2. The summed E-state index contributed by atoms with van der Waals surface area (Å²) in [6.45, 7) is 0. The number of thioether (sulfide) groups is 1. The number of aromatic nitrogens is 2. The Bertz CT molecular complexity index is 865. The highest BCUT2D eigenvalue weighted by atomic mass is 32.2. The molecule has 0 saturated heterocycles. The average molecular weight is 378 g/mol. The first-order chi connectivity index (χ1) is 12.1. The van der Waals surface area contributed by atoms with Crippen molar-refractivity contribution < 1.29 is 18.4 Å². The zero-order valence-corrected chi connectivity index (χ0v) is 14.2. The summed E-state index contributed by atoms with van der Waals surface area (Å²) in [6.07, 6.45) is 0. The van der Waals surface area contributed by atoms with E-state index in [4.69, 9.17) is 4.42 Å². The van der Waals surface area contributed by atoms with Gasteiger partial charge in [0.25, 0.3) is 11.1 Å². The molecule has 2 amide bonds. The third-order valence-electron chi connectivity index (χ3n) is 2.88. The molecule has 3 rings (SSSR count). The first-order valence-electron chi connectivity index (χ1n) is 6.97. The number of thiophene rings is 1. The van der Waals surface area contributed by atoms with Gasteiger partial charge in [-0.2, -0.15) is 0 Å². The van der Waals surface area contributed by atoms with Crippen LogP contribution in [0.2, 0.25) is 0 Å². The summed E-state index contributed by atoms with van der Waals surface area (Å²) in [6, 6.07) is 9.00. The lowest BCUT2D eigenvalue weighted by Crippen LogP contribution is -2.42. The summed E-state index contributed by atoms with van der Waals surface area (Å²) in [7, 11) is 0. The molecule has 0 aliphatic rings. The fourth-order valence-electron chi connectivity index (χ4n) is 1.74. The number of benzene rings is 1. The molecule has 0 fully saturated rings. The Kier molecular flexibility index (Phi) is 5.41. The zero-order chi connectivity index (χ0) is 17.6. The summed E-state index contributed by atoms with van der Waals surface area (Å²) in [4.78, 5) is 23.9. The molecular weight excluding hydrogens is 367 g/mol. The number of nitrogens with one attached hydrogen (secondary N) is 2. The van der Waals surface area contributed by atoms with Gasteiger partial charge in [0.1, 0.15) is 5.82 Å². The highest BCUT2D eigenvalue weighted by molar-refractivity contribution is 7.99. The van der Waals surface area contributed by atoms with Gasteiger partial charge in [0, 0.05) is 5.56 Å². The van der Waals surface area contributed by atoms with Crippen molar-refractivity contribution in [2.75, 3.05) is 5.75 Å². The number of halogens is 1. The van der Waals surface area contributed by atoms with Crippen LogP contribution >= 0.6 is 23.1 Å². The highest BCUT2D eigenvalue weighted by Gasteiger charge is 2.12. The highest BCUT2D eigenvalue weighted by Crippen LogP contribution is 2.23. The van der Waals surface area contributed by atoms with Crippen molar-refractivity contribution in [3.05, 3.63) is 52.5 Å². The maximum Gasteiger partial charge on any atom is 0.279 e. The van der Waals surface area contributed by atoms with E-state index >= 15 is 0 Å². The second-order valence-electron chi connectivity index (χ2n) is 4.65. The monoisotopic (exact) mass is 378 g/mol. The molecule has 3 aromatic rings. The van der Waals surface area contributed by atoms with Crippen molar-refractivity contribution in [1.29, 1.82) is 0 Å². The Balaban J connectivity index is 1.48. The minimum absolute atomic E-state index is 0.0181. The lowest BCUT2D eigenvalue weighted by molar-refractivity contribution is -0.119. The topological polar surface area (TPSA) is 97.1 Å². The van der Waals surface area contributed by atoms with Gasteiger partial charge in [-0.15, -0.1) is 21.5 Å². The number of amides is 2. The van der Waals surface area contributed by atoms with E-state index in [9.17, 15) is 14.0 Å². The van der Waals surface area contributed by atoms with Gasteiger partial charge in [-0.3, -0.25) is 20.4 Å². The Hall–Kier alpha value is -2.72. The normalized spacial score (nSPS) is 10.4. The number of carbonyl (C=O) groups is 2. The molecule has 10 heteroatoms. The molecule has 0 unspecified atom stereocenters. The van der Waals surface area contributed by atoms with Crippen LogP contribution in [0, 0.1) is 5.82 Å². The largest absolute Gasteiger partial charge is 0.411 e. The molecule has 0 saturated carbocycles. The van der Waals surface area contributed by atoms with E-state index in [-0.39, 0.29) is 28.6 Å². The van der Waals surface area contributed by atoms with Crippen LogP contribution in [0.3, 0.4) is 0 Å². The van der Waals surface area contributed by atoms with Crippen molar-refractivity contribution >= 4 is 34.9 Å². The summed E-state index contributed by atoms with van der Waals surface area (Å²) in [5.41, 5.74) is 5.19. The van der Waals surface area contributed by atoms with Crippen LogP contribution in [-0.2, 0) is 4.79 Å². The summed E-state index contributed by atoms with van der Waals surface area (Å²) in [5, 5.41) is 9.61. The van der Waals surface area contributed by atoms with Gasteiger partial charge in [-0.25, -0.2) is 4.39 Å². The molecule has 7 nitrogen and oxygen atoms in total. The molecule has 0 radical (unpaired) electrons. The van der Waals surface area contributed by atoms with Gasteiger partial charge in [-0.05, 0) is 35.7 Å². The molecule has 2 heterocycles. The molecule has 0 aliphatic heterocycles. The van der Waals surface area contributed by atoms with E-state index in [2.05, 4.69) is 21.0 Å². The van der Waals surface area contributed by atoms with Crippen LogP contribution < -0.4 is 10.9 Å². The van der Waals surface area contributed by atoms with Gasteiger partial charge in [-0.1, -0.05) is 17.8 Å². The average Bonchev–Trinajstić information content (AvgIpc) is 3.30. The van der Waals surface area contributed by atoms with Crippen molar-refractivity contribution in [2.45, 2.75) is 5.22 Å². The van der Waals surface area contributed by atoms with Gasteiger partial charge >= 0.3 is 0 Å². The zero-order valence-electron chi connectivity index (χ0n) is 12.6. The molecule has 0 bridgehead atoms. The maximum atomic E-state index is 12.9. The smallest absolute Gasteiger partial charge is 0.279 e. The van der Waals surface area contributed by atoms with Crippen molar-refractivity contribution in [3.63, 3.8) is 0 Å². The number of rotatable bonds is 5. The molecule has 25 heavy (non-hydrogen) atoms. The number of hydrogen-bond donors (Lipinski definition) is 2. The summed E-state index contributed by atoms with van der Waals surface area (Å²) >= 11 is 2.29. The minimum Gasteiger partial charge on any atom is -0.411 e. The number of nitrogens with zero attached hydrogens (tertiary/aromatic N) is 2. The van der Waals surface area contributed by atoms with Crippen molar-refractivity contribution in [2.24, 2.45) is 0 Å². The third kappa shape index (κ3) is 4.64. The van der Waals surface area contributed by atoms with Crippen molar-refractivity contribution in [3.8, 4) is 11.5 Å². The first kappa shape index (κ1) is 17.1. The standard InChI is InChI=1S/C15H11FN4O3S2/c16-10-5-3-9(4-6-10)14-19-20-15(23-14)25-8-12(21)17-18-13(22)11-2-1-7-24-11/h1-7H,8H2,(H,17,21)(H,18,22). The lowest BCUT2D eigenvalue weighted by Gasteiger charge is -2.04. The van der Waals surface area contributed by atoms with Gasteiger partial charge in [0.15, 0.2) is 0 Å². The Morgan fingerprint density at radius 3 is 2.68 bits per heavy atom. The van der Waals surface area contributed by atoms with Crippen LogP contribution in [0.15, 0.2) is 51.4 Å². The minimum atomic E-state index is -0.420. The Labute approximate surface area is 149 Å². The Morgan fingerprint density at radius 2 is 1.96 bits per heavy atom. The fraction of sp³-hybridized carbons (Fsp3) is 0.0667. The second-order valence-corrected chi connectivity index (χ2v) is 6.52. The van der Waals surface area contributed by atoms with E-state index in [1.807, 2.05) is 0 Å². The van der Waals surface area contributed by atoms with E-state index in [0.717, 1.165) is 11.8 Å². The van der Waals surface area contributed by atoms with Gasteiger partial charge in [0.05, 0.1) is 10.6 Å². The predicted molar refractivity (Wildman–Crippen MR) is 90.3 cm³/mol. The summed E-state index contributed by atoms with van der Waals surface area (Å²) in [5.74, 6) is -0.954. The van der Waals surface area contributed by atoms with E-state index in [1.54, 1.807) is 17.5 Å². The second kappa shape index (κ2) is 7.90. The van der Waals surface area contributed by atoms with Crippen LogP contribution in [0.1, 0.15) is 9.67 Å². The predicted octanol–water partition coefficient (Wildman–Crippen LogP) is 2.49. The molecule has 2 aromatic heterocycles. The SMILES string of the molecule is O=C(CSc1nnc(-c2ccc(F)cc2)o1)NNC(=O)c1cccs1. The van der Waals surface area contributed by atoms with Crippen LogP contribution in [-0.4, -0.2) is 27.8 Å². The summed E-state index contributed by atoms with van der Waals surface area (Å²) < 4.78 is 18.3. The Morgan fingerprint density at radius 1 is 1.16 bits per heavy atom. The van der Waals surface area contributed by atoms with E-state index < -0.39 is 5.91 Å². The van der Waals surface area contributed by atoms with Crippen molar-refractivity contribution in [1.82, 2.24) is 21.0 Å². The van der Waals surface area contributed by atoms with E-state index in [0.29, 0.717) is 10.4 Å². The quantitative estimate of drug-likeness (QED) is 0.523.